The topological polar surface area (TPSA) is 75.4 Å². The molecule has 1 saturated heterocycles. The third kappa shape index (κ3) is 4.20. The van der Waals surface area contributed by atoms with Gasteiger partial charge in [-0.05, 0) is 44.9 Å². The molecule has 2 amide bonds. The molecule has 108 valence electrons. The summed E-state index contributed by atoms with van der Waals surface area (Å²) < 4.78 is 0. The Hall–Kier alpha value is -1.10. The summed E-state index contributed by atoms with van der Waals surface area (Å²) in [5.74, 6) is 0.131. The molecule has 0 unspecified atom stereocenters. The Kier molecular flexibility index (Phi) is 5.19. The number of carbonyl (C=O) groups excluding carboxylic acids is 2. The number of piperidine rings is 1. The van der Waals surface area contributed by atoms with Gasteiger partial charge in [0.25, 0.3) is 0 Å². The van der Waals surface area contributed by atoms with Crippen molar-refractivity contribution in [1.29, 1.82) is 0 Å². The molecule has 2 rings (SSSR count). The van der Waals surface area contributed by atoms with Gasteiger partial charge in [0.2, 0.25) is 11.8 Å². The van der Waals surface area contributed by atoms with Gasteiger partial charge in [-0.2, -0.15) is 0 Å². The van der Waals surface area contributed by atoms with Crippen LogP contribution in [0.3, 0.4) is 0 Å². The van der Waals surface area contributed by atoms with Crippen LogP contribution >= 0.6 is 0 Å². The minimum atomic E-state index is 0.0252. The van der Waals surface area contributed by atoms with Crippen LogP contribution in [0.2, 0.25) is 0 Å². The van der Waals surface area contributed by atoms with E-state index in [1.165, 1.54) is 6.42 Å². The van der Waals surface area contributed by atoms with Crippen LogP contribution in [-0.2, 0) is 9.59 Å². The van der Waals surface area contributed by atoms with Gasteiger partial charge in [-0.15, -0.1) is 0 Å². The highest BCUT2D eigenvalue weighted by Gasteiger charge is 2.25. The Labute approximate surface area is 114 Å². The first-order chi connectivity index (χ1) is 9.16. The van der Waals surface area contributed by atoms with Crippen molar-refractivity contribution in [3.63, 3.8) is 0 Å². The highest BCUT2D eigenvalue weighted by molar-refractivity contribution is 5.85. The number of nitrogens with zero attached hydrogens (tertiary/aromatic N) is 1. The zero-order valence-electron chi connectivity index (χ0n) is 11.6. The zero-order chi connectivity index (χ0) is 13.7. The zero-order valence-corrected chi connectivity index (χ0v) is 11.6. The Bertz CT molecular complexity index is 319. The second kappa shape index (κ2) is 6.89. The number of nitrogens with two attached hydrogens (primary N) is 1. The summed E-state index contributed by atoms with van der Waals surface area (Å²) in [6, 6.07) is 0.249. The molecular formula is C14H25N3O2. The van der Waals surface area contributed by atoms with Gasteiger partial charge in [0.05, 0.1) is 6.54 Å². The smallest absolute Gasteiger partial charge is 0.241 e. The van der Waals surface area contributed by atoms with E-state index in [4.69, 9.17) is 5.73 Å². The van der Waals surface area contributed by atoms with Crippen LogP contribution in [0.15, 0.2) is 0 Å². The van der Waals surface area contributed by atoms with E-state index in [2.05, 4.69) is 5.32 Å². The number of likely N-dealkylation sites (tertiary alicyclic amines) is 1. The third-order valence-electron chi connectivity index (χ3n) is 4.27. The molecule has 0 radical (unpaired) electrons. The second-order valence-electron chi connectivity index (χ2n) is 5.77. The summed E-state index contributed by atoms with van der Waals surface area (Å²) in [6.45, 7) is 1.83. The van der Waals surface area contributed by atoms with Crippen LogP contribution in [-0.4, -0.2) is 42.4 Å². The largest absolute Gasteiger partial charge is 0.347 e. The van der Waals surface area contributed by atoms with E-state index in [0.29, 0.717) is 0 Å². The van der Waals surface area contributed by atoms with E-state index < -0.39 is 0 Å². The minimum absolute atomic E-state index is 0.0252. The maximum absolute atomic E-state index is 12.0. The lowest BCUT2D eigenvalue weighted by molar-refractivity contribution is -0.134. The van der Waals surface area contributed by atoms with Crippen molar-refractivity contribution in [3.8, 4) is 0 Å². The fourth-order valence-electron chi connectivity index (χ4n) is 2.94. The van der Waals surface area contributed by atoms with Crippen LogP contribution in [0, 0.1) is 5.92 Å². The second-order valence-corrected chi connectivity index (χ2v) is 5.77. The molecule has 1 heterocycles. The molecule has 19 heavy (non-hydrogen) atoms. The Morgan fingerprint density at radius 3 is 2.32 bits per heavy atom. The summed E-state index contributed by atoms with van der Waals surface area (Å²) in [7, 11) is 0. The fourth-order valence-corrected chi connectivity index (χ4v) is 2.94. The highest BCUT2D eigenvalue weighted by Crippen LogP contribution is 2.23. The number of amides is 2. The lowest BCUT2D eigenvalue weighted by atomic mass is 9.86. The van der Waals surface area contributed by atoms with Crippen LogP contribution < -0.4 is 11.1 Å². The van der Waals surface area contributed by atoms with Crippen molar-refractivity contribution >= 4 is 11.8 Å². The van der Waals surface area contributed by atoms with E-state index in [-0.39, 0.29) is 30.3 Å². The van der Waals surface area contributed by atoms with Crippen LogP contribution in [0.1, 0.15) is 44.9 Å². The fraction of sp³-hybridized carbons (Fsp3) is 0.857. The van der Waals surface area contributed by atoms with Gasteiger partial charge in [0.1, 0.15) is 0 Å². The number of carbonyl (C=O) groups is 2. The van der Waals surface area contributed by atoms with Gasteiger partial charge in [-0.3, -0.25) is 9.59 Å². The predicted molar refractivity (Wildman–Crippen MR) is 73.4 cm³/mol. The van der Waals surface area contributed by atoms with E-state index in [0.717, 1.165) is 51.6 Å². The van der Waals surface area contributed by atoms with Crippen molar-refractivity contribution in [2.24, 2.45) is 11.7 Å². The quantitative estimate of drug-likeness (QED) is 0.787. The first-order valence-corrected chi connectivity index (χ1v) is 7.48. The molecule has 0 spiro atoms. The molecular weight excluding hydrogens is 242 g/mol. The van der Waals surface area contributed by atoms with E-state index in [1.54, 1.807) is 0 Å². The molecule has 0 aromatic carbocycles. The van der Waals surface area contributed by atoms with Crippen molar-refractivity contribution < 1.29 is 9.59 Å². The van der Waals surface area contributed by atoms with Crippen molar-refractivity contribution in [2.45, 2.75) is 51.0 Å². The van der Waals surface area contributed by atoms with Crippen LogP contribution in [0.5, 0.6) is 0 Å². The normalized spacial score (nSPS) is 27.9. The predicted octanol–water partition coefficient (Wildman–Crippen LogP) is 0.633. The average molecular weight is 267 g/mol. The monoisotopic (exact) mass is 267 g/mol. The molecule has 0 aromatic rings. The van der Waals surface area contributed by atoms with E-state index >= 15 is 0 Å². The number of rotatable bonds is 3. The lowest BCUT2D eigenvalue weighted by Crippen LogP contribution is -2.44. The summed E-state index contributed by atoms with van der Waals surface area (Å²) in [4.78, 5) is 25.8. The number of hydrogen-bond acceptors (Lipinski definition) is 3. The molecule has 1 saturated carbocycles. The first kappa shape index (κ1) is 14.3. The van der Waals surface area contributed by atoms with Crippen molar-refractivity contribution in [2.75, 3.05) is 19.6 Å². The first-order valence-electron chi connectivity index (χ1n) is 7.48. The summed E-state index contributed by atoms with van der Waals surface area (Å²) in [6.07, 6.45) is 6.91. The van der Waals surface area contributed by atoms with Crippen molar-refractivity contribution in [3.05, 3.63) is 0 Å². The molecule has 1 aliphatic carbocycles. The Balaban J connectivity index is 1.69. The Morgan fingerprint density at radius 2 is 1.68 bits per heavy atom. The van der Waals surface area contributed by atoms with E-state index in [1.807, 2.05) is 4.90 Å². The maximum Gasteiger partial charge on any atom is 0.241 e. The number of nitrogens with one attached hydrogen (secondary N) is 1. The molecule has 3 N–H and O–H groups in total. The van der Waals surface area contributed by atoms with Gasteiger partial charge >= 0.3 is 0 Å². The molecule has 0 aromatic heterocycles. The molecule has 5 nitrogen and oxygen atoms in total. The lowest BCUT2D eigenvalue weighted by Gasteiger charge is -2.28. The standard InChI is InChI=1S/C14H25N3O2/c15-12-6-4-11(5-7-12)14(19)16-10-13(18)17-8-2-1-3-9-17/h11-12H,1-10,15H2,(H,16,19). The van der Waals surface area contributed by atoms with Crippen LogP contribution in [0.25, 0.3) is 0 Å². The maximum atomic E-state index is 12.0. The molecule has 0 atom stereocenters. The van der Waals surface area contributed by atoms with E-state index in [9.17, 15) is 9.59 Å². The third-order valence-corrected chi connectivity index (χ3v) is 4.27. The summed E-state index contributed by atoms with van der Waals surface area (Å²) in [5, 5.41) is 2.79. The SMILES string of the molecule is NC1CCC(C(=O)NCC(=O)N2CCCCC2)CC1. The molecule has 5 heteroatoms. The Morgan fingerprint density at radius 1 is 1.05 bits per heavy atom. The molecule has 0 bridgehead atoms. The van der Waals surface area contributed by atoms with Gasteiger partial charge in [0, 0.05) is 25.0 Å². The average Bonchev–Trinajstić information content (AvgIpc) is 2.46. The summed E-state index contributed by atoms with van der Waals surface area (Å²) >= 11 is 0. The van der Waals surface area contributed by atoms with Crippen LogP contribution in [0.4, 0.5) is 0 Å². The number of hydrogen-bond donors (Lipinski definition) is 2. The molecule has 1 aliphatic heterocycles. The van der Waals surface area contributed by atoms with Gasteiger partial charge in [-0.25, -0.2) is 0 Å². The molecule has 2 fully saturated rings. The van der Waals surface area contributed by atoms with Gasteiger partial charge < -0.3 is 16.0 Å². The van der Waals surface area contributed by atoms with Gasteiger partial charge in [0.15, 0.2) is 0 Å². The molecule has 2 aliphatic rings. The highest BCUT2D eigenvalue weighted by atomic mass is 16.2. The van der Waals surface area contributed by atoms with Gasteiger partial charge in [-0.1, -0.05) is 0 Å². The van der Waals surface area contributed by atoms with Crippen molar-refractivity contribution in [1.82, 2.24) is 10.2 Å². The minimum Gasteiger partial charge on any atom is -0.347 e. The summed E-state index contributed by atoms with van der Waals surface area (Å²) in [5.41, 5.74) is 5.82.